The first-order valence-electron chi connectivity index (χ1n) is 7.57. The molecule has 3 atom stereocenters. The summed E-state index contributed by atoms with van der Waals surface area (Å²) in [5.41, 5.74) is 1.28. The summed E-state index contributed by atoms with van der Waals surface area (Å²) in [4.78, 5) is 25.8. The van der Waals surface area contributed by atoms with E-state index in [1.807, 2.05) is 11.0 Å². The number of nitrogens with one attached hydrogen (secondary N) is 1. The monoisotopic (exact) mass is 288 g/mol. The van der Waals surface area contributed by atoms with Crippen molar-refractivity contribution < 1.29 is 9.59 Å². The van der Waals surface area contributed by atoms with E-state index < -0.39 is 0 Å². The van der Waals surface area contributed by atoms with Gasteiger partial charge >= 0.3 is 6.03 Å². The maximum atomic E-state index is 12.5. The third-order valence-electron chi connectivity index (χ3n) is 4.38. The van der Waals surface area contributed by atoms with Gasteiger partial charge in [-0.15, -0.1) is 0 Å². The van der Waals surface area contributed by atoms with E-state index in [1.165, 1.54) is 6.92 Å². The van der Waals surface area contributed by atoms with E-state index in [2.05, 4.69) is 26.1 Å². The zero-order chi connectivity index (χ0) is 15.6. The van der Waals surface area contributed by atoms with Crippen LogP contribution >= 0.6 is 0 Å². The molecule has 0 bridgehead atoms. The van der Waals surface area contributed by atoms with Crippen LogP contribution < -0.4 is 5.32 Å². The molecule has 2 amide bonds. The molecule has 21 heavy (non-hydrogen) atoms. The van der Waals surface area contributed by atoms with Gasteiger partial charge in [-0.3, -0.25) is 4.79 Å². The molecule has 1 aromatic carbocycles. The summed E-state index contributed by atoms with van der Waals surface area (Å²) in [7, 11) is 0. The Labute approximate surface area is 126 Å². The quantitative estimate of drug-likeness (QED) is 0.842. The van der Waals surface area contributed by atoms with Gasteiger partial charge in [-0.25, -0.2) is 4.79 Å². The molecule has 4 heteroatoms. The van der Waals surface area contributed by atoms with Crippen LogP contribution in [0, 0.1) is 11.8 Å². The lowest BCUT2D eigenvalue weighted by Gasteiger charge is -2.40. The van der Waals surface area contributed by atoms with Gasteiger partial charge in [0.1, 0.15) is 0 Å². The molecule has 3 unspecified atom stereocenters. The van der Waals surface area contributed by atoms with Crippen molar-refractivity contribution in [3.8, 4) is 0 Å². The Morgan fingerprint density at radius 3 is 2.62 bits per heavy atom. The number of urea groups is 1. The highest BCUT2D eigenvalue weighted by Gasteiger charge is 2.31. The highest BCUT2D eigenvalue weighted by atomic mass is 16.2. The van der Waals surface area contributed by atoms with Crippen LogP contribution in [0.25, 0.3) is 0 Å². The molecule has 1 fully saturated rings. The summed E-state index contributed by atoms with van der Waals surface area (Å²) in [6.07, 6.45) is 1.16. The maximum absolute atomic E-state index is 12.5. The number of piperidine rings is 1. The third-order valence-corrected chi connectivity index (χ3v) is 4.38. The van der Waals surface area contributed by atoms with Crippen molar-refractivity contribution in [3.05, 3.63) is 29.8 Å². The number of amides is 2. The molecule has 0 aliphatic carbocycles. The van der Waals surface area contributed by atoms with Gasteiger partial charge in [0.15, 0.2) is 5.78 Å². The molecule has 1 aliphatic rings. The zero-order valence-electron chi connectivity index (χ0n) is 13.2. The molecule has 1 N–H and O–H groups in total. The van der Waals surface area contributed by atoms with Gasteiger partial charge in [0.05, 0.1) is 0 Å². The Hall–Kier alpha value is -1.84. The number of likely N-dealkylation sites (tertiary alicyclic amines) is 1. The topological polar surface area (TPSA) is 49.4 Å². The van der Waals surface area contributed by atoms with Crippen molar-refractivity contribution in [2.75, 3.05) is 11.9 Å². The Bertz CT molecular complexity index is 541. The lowest BCUT2D eigenvalue weighted by atomic mass is 9.86. The average Bonchev–Trinajstić information content (AvgIpc) is 2.43. The Morgan fingerprint density at radius 2 is 1.95 bits per heavy atom. The predicted octanol–water partition coefficient (Wildman–Crippen LogP) is 3.79. The van der Waals surface area contributed by atoms with Gasteiger partial charge in [0, 0.05) is 23.8 Å². The van der Waals surface area contributed by atoms with Crippen molar-refractivity contribution >= 4 is 17.5 Å². The second kappa shape index (κ2) is 6.29. The fourth-order valence-electron chi connectivity index (χ4n) is 2.99. The molecular formula is C17H24N2O2. The largest absolute Gasteiger partial charge is 0.322 e. The normalized spacial score (nSPS) is 25.5. The zero-order valence-corrected chi connectivity index (χ0v) is 13.2. The van der Waals surface area contributed by atoms with E-state index in [0.717, 1.165) is 13.0 Å². The van der Waals surface area contributed by atoms with Gasteiger partial charge in [-0.1, -0.05) is 26.0 Å². The maximum Gasteiger partial charge on any atom is 0.322 e. The summed E-state index contributed by atoms with van der Waals surface area (Å²) < 4.78 is 0. The number of Topliss-reactive ketones (excluding diaryl/α,β-unsaturated/α-hetero) is 1. The summed E-state index contributed by atoms with van der Waals surface area (Å²) in [5, 5.41) is 2.91. The van der Waals surface area contributed by atoms with Crippen LogP contribution in [-0.2, 0) is 0 Å². The molecular weight excluding hydrogens is 264 g/mol. The fourth-order valence-corrected chi connectivity index (χ4v) is 2.99. The van der Waals surface area contributed by atoms with Crippen LogP contribution in [0.15, 0.2) is 24.3 Å². The van der Waals surface area contributed by atoms with Gasteiger partial charge in [-0.05, 0) is 44.2 Å². The van der Waals surface area contributed by atoms with Crippen molar-refractivity contribution in [2.45, 2.75) is 40.2 Å². The van der Waals surface area contributed by atoms with Gasteiger partial charge in [0.2, 0.25) is 0 Å². The van der Waals surface area contributed by atoms with Crippen LogP contribution in [0.5, 0.6) is 0 Å². The van der Waals surface area contributed by atoms with Crippen LogP contribution in [-0.4, -0.2) is 29.3 Å². The molecule has 0 saturated carbocycles. The summed E-state index contributed by atoms with van der Waals surface area (Å²) in [5.74, 6) is 1.02. The summed E-state index contributed by atoms with van der Waals surface area (Å²) in [6, 6.07) is 7.23. The first kappa shape index (κ1) is 15.5. The number of rotatable bonds is 2. The second-order valence-corrected chi connectivity index (χ2v) is 6.28. The standard InChI is InChI=1S/C17H24N2O2/c1-11-8-12(2)13(3)19(10-11)17(21)18-16-7-5-6-15(9-16)14(4)20/h5-7,9,11-13H,8,10H2,1-4H3,(H,18,21). The van der Waals surface area contributed by atoms with Crippen LogP contribution in [0.1, 0.15) is 44.5 Å². The van der Waals surface area contributed by atoms with E-state index in [9.17, 15) is 9.59 Å². The molecule has 1 aromatic rings. The molecule has 1 aliphatic heterocycles. The van der Waals surface area contributed by atoms with Gasteiger partial charge in [-0.2, -0.15) is 0 Å². The highest BCUT2D eigenvalue weighted by Crippen LogP contribution is 2.27. The molecule has 114 valence electrons. The average molecular weight is 288 g/mol. The fraction of sp³-hybridized carbons (Fsp3) is 0.529. The van der Waals surface area contributed by atoms with Crippen molar-refractivity contribution in [1.82, 2.24) is 4.90 Å². The predicted molar refractivity (Wildman–Crippen MR) is 84.6 cm³/mol. The highest BCUT2D eigenvalue weighted by molar-refractivity contribution is 5.96. The van der Waals surface area contributed by atoms with Gasteiger partial charge < -0.3 is 10.2 Å². The minimum absolute atomic E-state index is 0.000293. The third kappa shape index (κ3) is 3.63. The molecule has 0 spiro atoms. The molecule has 4 nitrogen and oxygen atoms in total. The Kier molecular flexibility index (Phi) is 4.66. The Balaban J connectivity index is 2.10. The van der Waals surface area contributed by atoms with E-state index in [4.69, 9.17) is 0 Å². The van der Waals surface area contributed by atoms with Crippen molar-refractivity contribution in [1.29, 1.82) is 0 Å². The smallest absolute Gasteiger partial charge is 0.321 e. The number of benzene rings is 1. The molecule has 1 saturated heterocycles. The SMILES string of the molecule is CC(=O)c1cccc(NC(=O)N2CC(C)CC(C)C2C)c1. The minimum Gasteiger partial charge on any atom is -0.321 e. The number of hydrogen-bond donors (Lipinski definition) is 1. The van der Waals surface area contributed by atoms with E-state index in [-0.39, 0.29) is 17.9 Å². The summed E-state index contributed by atoms with van der Waals surface area (Å²) in [6.45, 7) is 8.78. The first-order chi connectivity index (χ1) is 9.88. The van der Waals surface area contributed by atoms with Crippen LogP contribution in [0.3, 0.4) is 0 Å². The van der Waals surface area contributed by atoms with Crippen LogP contribution in [0.4, 0.5) is 10.5 Å². The van der Waals surface area contributed by atoms with Gasteiger partial charge in [0.25, 0.3) is 0 Å². The molecule has 2 rings (SSSR count). The lowest BCUT2D eigenvalue weighted by Crippen LogP contribution is -2.50. The lowest BCUT2D eigenvalue weighted by molar-refractivity contribution is 0.101. The minimum atomic E-state index is -0.0818. The summed E-state index contributed by atoms with van der Waals surface area (Å²) >= 11 is 0. The first-order valence-corrected chi connectivity index (χ1v) is 7.57. The van der Waals surface area contributed by atoms with E-state index in [0.29, 0.717) is 23.1 Å². The van der Waals surface area contributed by atoms with E-state index in [1.54, 1.807) is 18.2 Å². The number of carbonyl (C=O) groups excluding carboxylic acids is 2. The van der Waals surface area contributed by atoms with Crippen molar-refractivity contribution in [2.24, 2.45) is 11.8 Å². The van der Waals surface area contributed by atoms with Crippen molar-refractivity contribution in [3.63, 3.8) is 0 Å². The number of ketones is 1. The van der Waals surface area contributed by atoms with E-state index >= 15 is 0 Å². The number of carbonyl (C=O) groups is 2. The number of hydrogen-bond acceptors (Lipinski definition) is 2. The number of nitrogens with zero attached hydrogens (tertiary/aromatic N) is 1. The molecule has 0 radical (unpaired) electrons. The van der Waals surface area contributed by atoms with Crippen LogP contribution in [0.2, 0.25) is 0 Å². The number of anilines is 1. The molecule has 0 aromatic heterocycles. The Morgan fingerprint density at radius 1 is 1.24 bits per heavy atom. The molecule has 1 heterocycles. The second-order valence-electron chi connectivity index (χ2n) is 6.28.